The smallest absolute Gasteiger partial charge is 0.242 e. The molecule has 192 valence electrons. The highest BCUT2D eigenvalue weighted by Crippen LogP contribution is 2.22. The van der Waals surface area contributed by atoms with Gasteiger partial charge in [-0.05, 0) is 64.8 Å². The van der Waals surface area contributed by atoms with Crippen LogP contribution >= 0.6 is 11.6 Å². The number of amides is 2. The Balaban J connectivity index is 2.19. The van der Waals surface area contributed by atoms with Crippen molar-refractivity contribution in [1.29, 1.82) is 0 Å². The molecule has 0 fully saturated rings. The van der Waals surface area contributed by atoms with Crippen LogP contribution in [0.15, 0.2) is 48.5 Å². The van der Waals surface area contributed by atoms with Gasteiger partial charge >= 0.3 is 0 Å². The highest BCUT2D eigenvalue weighted by Gasteiger charge is 2.29. The molecule has 0 heterocycles. The van der Waals surface area contributed by atoms with Gasteiger partial charge in [-0.2, -0.15) is 0 Å². The lowest BCUT2D eigenvalue weighted by Crippen LogP contribution is -2.52. The number of hydrogen-bond acceptors (Lipinski definition) is 4. The van der Waals surface area contributed by atoms with Gasteiger partial charge in [0.2, 0.25) is 21.8 Å². The molecule has 0 spiro atoms. The van der Waals surface area contributed by atoms with Crippen LogP contribution in [0.25, 0.3) is 0 Å². The van der Waals surface area contributed by atoms with Crippen LogP contribution in [0.3, 0.4) is 0 Å². The molecule has 0 aliphatic rings. The molecule has 1 atom stereocenters. The van der Waals surface area contributed by atoms with Crippen molar-refractivity contribution in [3.63, 3.8) is 0 Å². The third kappa shape index (κ3) is 8.85. The van der Waals surface area contributed by atoms with Gasteiger partial charge in [0.05, 0.1) is 11.9 Å². The maximum atomic E-state index is 13.3. The molecule has 2 aromatic rings. The van der Waals surface area contributed by atoms with Gasteiger partial charge in [-0.25, -0.2) is 8.42 Å². The van der Waals surface area contributed by atoms with Crippen molar-refractivity contribution in [2.45, 2.75) is 65.6 Å². The number of rotatable bonds is 10. The van der Waals surface area contributed by atoms with E-state index in [1.54, 1.807) is 31.2 Å². The minimum Gasteiger partial charge on any atom is -0.350 e. The Hall–Kier alpha value is -2.58. The third-order valence-electron chi connectivity index (χ3n) is 5.44. The number of aryl methyl sites for hydroxylation is 1. The number of carbonyl (C=O) groups excluding carboxylic acids is 2. The normalized spacial score (nSPS) is 12.7. The summed E-state index contributed by atoms with van der Waals surface area (Å²) >= 11 is 6.33. The molecular formula is C26H36ClN3O4S. The van der Waals surface area contributed by atoms with Crippen molar-refractivity contribution in [2.24, 2.45) is 0 Å². The lowest BCUT2D eigenvalue weighted by atomic mass is 10.1. The van der Waals surface area contributed by atoms with E-state index in [4.69, 9.17) is 11.6 Å². The van der Waals surface area contributed by atoms with Crippen LogP contribution in [0.2, 0.25) is 5.02 Å². The number of halogens is 1. The number of anilines is 1. The first-order valence-electron chi connectivity index (χ1n) is 11.6. The first-order chi connectivity index (χ1) is 16.2. The summed E-state index contributed by atoms with van der Waals surface area (Å²) in [4.78, 5) is 27.7. The molecule has 0 saturated heterocycles. The molecule has 1 unspecified atom stereocenters. The second-order valence-corrected chi connectivity index (χ2v) is 12.1. The monoisotopic (exact) mass is 521 g/mol. The Bertz CT molecular complexity index is 1130. The second kappa shape index (κ2) is 11.9. The zero-order valence-electron chi connectivity index (χ0n) is 21.3. The van der Waals surface area contributed by atoms with E-state index in [0.29, 0.717) is 17.1 Å². The molecular weight excluding hydrogens is 486 g/mol. The quantitative estimate of drug-likeness (QED) is 0.497. The maximum absolute atomic E-state index is 13.3. The fourth-order valence-electron chi connectivity index (χ4n) is 3.58. The Kier molecular flexibility index (Phi) is 9.75. The molecule has 0 radical (unpaired) electrons. The van der Waals surface area contributed by atoms with E-state index in [0.717, 1.165) is 17.4 Å². The molecule has 35 heavy (non-hydrogen) atoms. The number of hydrogen-bond donors (Lipinski definition) is 1. The standard InChI is InChI=1S/C26H36ClN3O4S/c1-19-13-15-22(16-14-19)30(35(6,33)34)17-9-12-24(31)29(18-21-10-7-8-11-23(21)27)20(2)25(32)28-26(3,4)5/h7-8,10-11,13-16,20H,9,12,17-18H2,1-6H3,(H,28,32). The summed E-state index contributed by atoms with van der Waals surface area (Å²) in [5.41, 5.74) is 1.86. The average Bonchev–Trinajstić information content (AvgIpc) is 2.74. The van der Waals surface area contributed by atoms with Crippen molar-refractivity contribution in [1.82, 2.24) is 10.2 Å². The van der Waals surface area contributed by atoms with Gasteiger partial charge in [0.1, 0.15) is 6.04 Å². The molecule has 0 aliphatic carbocycles. The second-order valence-electron chi connectivity index (χ2n) is 9.80. The summed E-state index contributed by atoms with van der Waals surface area (Å²) in [7, 11) is -3.53. The largest absolute Gasteiger partial charge is 0.350 e. The Morgan fingerprint density at radius 1 is 1.06 bits per heavy atom. The van der Waals surface area contributed by atoms with E-state index in [1.807, 2.05) is 52.0 Å². The van der Waals surface area contributed by atoms with E-state index < -0.39 is 21.6 Å². The Labute approximate surface area is 214 Å². The van der Waals surface area contributed by atoms with Crippen molar-refractivity contribution in [3.8, 4) is 0 Å². The first-order valence-corrected chi connectivity index (χ1v) is 13.8. The molecule has 0 bridgehead atoms. The van der Waals surface area contributed by atoms with Gasteiger partial charge in [0.15, 0.2) is 0 Å². The van der Waals surface area contributed by atoms with Crippen molar-refractivity contribution >= 4 is 39.1 Å². The number of sulfonamides is 1. The van der Waals surface area contributed by atoms with Gasteiger partial charge in [-0.1, -0.05) is 47.5 Å². The van der Waals surface area contributed by atoms with E-state index >= 15 is 0 Å². The van der Waals surface area contributed by atoms with Crippen LogP contribution in [0.1, 0.15) is 51.7 Å². The highest BCUT2D eigenvalue weighted by molar-refractivity contribution is 7.92. The van der Waals surface area contributed by atoms with Crippen LogP contribution in [0.5, 0.6) is 0 Å². The highest BCUT2D eigenvalue weighted by atomic mass is 35.5. The fourth-order valence-corrected chi connectivity index (χ4v) is 4.74. The lowest BCUT2D eigenvalue weighted by Gasteiger charge is -2.32. The molecule has 0 aromatic heterocycles. The summed E-state index contributed by atoms with van der Waals surface area (Å²) in [6.07, 6.45) is 1.53. The minimum atomic E-state index is -3.53. The van der Waals surface area contributed by atoms with Crippen molar-refractivity contribution in [3.05, 3.63) is 64.7 Å². The maximum Gasteiger partial charge on any atom is 0.242 e. The first kappa shape index (κ1) is 28.7. The number of carbonyl (C=O) groups is 2. The Morgan fingerprint density at radius 3 is 2.20 bits per heavy atom. The average molecular weight is 522 g/mol. The molecule has 2 rings (SSSR count). The summed E-state index contributed by atoms with van der Waals surface area (Å²) < 4.78 is 26.1. The summed E-state index contributed by atoms with van der Waals surface area (Å²) in [5.74, 6) is -0.519. The fraction of sp³-hybridized carbons (Fsp3) is 0.462. The summed E-state index contributed by atoms with van der Waals surface area (Å²) in [6, 6.07) is 13.7. The van der Waals surface area contributed by atoms with E-state index in [2.05, 4.69) is 5.32 Å². The van der Waals surface area contributed by atoms with E-state index in [-0.39, 0.29) is 31.3 Å². The molecule has 9 heteroatoms. The molecule has 0 saturated carbocycles. The predicted octanol–water partition coefficient (Wildman–Crippen LogP) is 4.53. The van der Waals surface area contributed by atoms with Crippen LogP contribution in [-0.2, 0) is 26.2 Å². The zero-order valence-corrected chi connectivity index (χ0v) is 22.9. The van der Waals surface area contributed by atoms with Crippen molar-refractivity contribution < 1.29 is 18.0 Å². The minimum absolute atomic E-state index is 0.0788. The molecule has 2 amide bonds. The third-order valence-corrected chi connectivity index (χ3v) is 7.00. The Morgan fingerprint density at radius 2 is 1.66 bits per heavy atom. The number of nitrogens with one attached hydrogen (secondary N) is 1. The SMILES string of the molecule is Cc1ccc(N(CCCC(=O)N(Cc2ccccc2Cl)C(C)C(=O)NC(C)(C)C)S(C)(=O)=O)cc1. The molecule has 1 N–H and O–H groups in total. The van der Waals surface area contributed by atoms with Crippen LogP contribution in [-0.4, -0.2) is 49.5 Å². The van der Waals surface area contributed by atoms with E-state index in [1.165, 1.54) is 9.21 Å². The van der Waals surface area contributed by atoms with Gasteiger partial charge < -0.3 is 10.2 Å². The predicted molar refractivity (Wildman–Crippen MR) is 142 cm³/mol. The van der Waals surface area contributed by atoms with Crippen molar-refractivity contribution in [2.75, 3.05) is 17.1 Å². The van der Waals surface area contributed by atoms with Crippen LogP contribution in [0.4, 0.5) is 5.69 Å². The molecule has 2 aromatic carbocycles. The van der Waals surface area contributed by atoms with Crippen LogP contribution in [0, 0.1) is 6.92 Å². The van der Waals surface area contributed by atoms with Crippen LogP contribution < -0.4 is 9.62 Å². The van der Waals surface area contributed by atoms with Gasteiger partial charge in [0, 0.05) is 30.1 Å². The van der Waals surface area contributed by atoms with Gasteiger partial charge in [0.25, 0.3) is 0 Å². The topological polar surface area (TPSA) is 86.8 Å². The molecule has 0 aliphatic heterocycles. The summed E-state index contributed by atoms with van der Waals surface area (Å²) in [6.45, 7) is 9.57. The van der Waals surface area contributed by atoms with Gasteiger partial charge in [-0.3, -0.25) is 13.9 Å². The zero-order chi connectivity index (χ0) is 26.4. The van der Waals surface area contributed by atoms with E-state index in [9.17, 15) is 18.0 Å². The summed E-state index contributed by atoms with van der Waals surface area (Å²) in [5, 5.41) is 3.43. The number of benzene rings is 2. The molecule has 7 nitrogen and oxygen atoms in total. The lowest BCUT2D eigenvalue weighted by molar-refractivity contribution is -0.141. The number of nitrogens with zero attached hydrogens (tertiary/aromatic N) is 2. The van der Waals surface area contributed by atoms with Gasteiger partial charge in [-0.15, -0.1) is 0 Å².